The summed E-state index contributed by atoms with van der Waals surface area (Å²) in [5, 5.41) is 0. The fourth-order valence-corrected chi connectivity index (χ4v) is 1.81. The van der Waals surface area contributed by atoms with Crippen LogP contribution < -0.4 is 11.5 Å². The number of alkyl halides is 2. The van der Waals surface area contributed by atoms with E-state index in [1.54, 1.807) is 0 Å². The molecule has 0 amide bonds. The van der Waals surface area contributed by atoms with Crippen molar-refractivity contribution < 1.29 is 17.9 Å². The summed E-state index contributed by atoms with van der Waals surface area (Å²) in [5.41, 5.74) is 8.52. The lowest BCUT2D eigenvalue weighted by Crippen LogP contribution is -2.51. The third-order valence-corrected chi connectivity index (χ3v) is 2.96. The molecule has 1 aromatic carbocycles. The highest BCUT2D eigenvalue weighted by Crippen LogP contribution is 2.44. The van der Waals surface area contributed by atoms with Crippen molar-refractivity contribution in [3.8, 4) is 0 Å². The van der Waals surface area contributed by atoms with Gasteiger partial charge >= 0.3 is 5.92 Å². The molecule has 98 valence electrons. The van der Waals surface area contributed by atoms with E-state index in [2.05, 4.69) is 9.73 Å². The van der Waals surface area contributed by atoms with E-state index >= 15 is 0 Å². The van der Waals surface area contributed by atoms with E-state index in [0.29, 0.717) is 0 Å². The van der Waals surface area contributed by atoms with Gasteiger partial charge in [-0.2, -0.15) is 8.78 Å². The Bertz CT molecular complexity index is 518. The Morgan fingerprint density at radius 3 is 2.67 bits per heavy atom. The van der Waals surface area contributed by atoms with Gasteiger partial charge in [-0.1, -0.05) is 0 Å². The molecule has 4 N–H and O–H groups in total. The molecule has 0 fully saturated rings. The molecular formula is C11H12F3N3O. The van der Waals surface area contributed by atoms with Gasteiger partial charge in [0.15, 0.2) is 12.1 Å². The van der Waals surface area contributed by atoms with E-state index in [-0.39, 0.29) is 11.3 Å². The number of amidine groups is 1. The van der Waals surface area contributed by atoms with Crippen LogP contribution in [0.3, 0.4) is 0 Å². The summed E-state index contributed by atoms with van der Waals surface area (Å²) < 4.78 is 46.1. The number of benzene rings is 1. The van der Waals surface area contributed by atoms with Crippen molar-refractivity contribution in [1.82, 2.24) is 0 Å². The van der Waals surface area contributed by atoms with Crippen molar-refractivity contribution in [2.24, 2.45) is 10.7 Å². The molecule has 1 unspecified atom stereocenters. The van der Waals surface area contributed by atoms with Gasteiger partial charge < -0.3 is 16.2 Å². The highest BCUT2D eigenvalue weighted by molar-refractivity contribution is 5.73. The van der Waals surface area contributed by atoms with Crippen LogP contribution in [0.4, 0.5) is 18.9 Å². The fraction of sp³-hybridized carbons (Fsp3) is 0.364. The molecule has 7 heteroatoms. The average molecular weight is 259 g/mol. The minimum absolute atomic E-state index is 0.170. The summed E-state index contributed by atoms with van der Waals surface area (Å²) in [6.45, 7) is 0.146. The van der Waals surface area contributed by atoms with E-state index in [9.17, 15) is 13.2 Å². The zero-order valence-electron chi connectivity index (χ0n) is 9.58. The number of ether oxygens (including phenoxy) is 1. The molecule has 1 aliphatic heterocycles. The summed E-state index contributed by atoms with van der Waals surface area (Å²) >= 11 is 0. The number of halogens is 3. The molecule has 1 heterocycles. The molecule has 1 atom stereocenters. The highest BCUT2D eigenvalue weighted by Gasteiger charge is 2.56. The standard InChI is InChI=1S/C11H12F3N3O/c1-10(7-4-6(15)2-3-8(7)12)11(13,14)5-18-9(16)17-10/h2-4H,5,15H2,1H3,(H2,16,17). The van der Waals surface area contributed by atoms with Crippen LogP contribution in [0, 0.1) is 5.82 Å². The van der Waals surface area contributed by atoms with Crippen LogP contribution in [0.1, 0.15) is 12.5 Å². The van der Waals surface area contributed by atoms with Crippen LogP contribution in [-0.2, 0) is 10.3 Å². The first-order valence-corrected chi connectivity index (χ1v) is 5.18. The van der Waals surface area contributed by atoms with Crippen molar-refractivity contribution in [3.05, 3.63) is 29.6 Å². The summed E-state index contributed by atoms with van der Waals surface area (Å²) in [7, 11) is 0. The quantitative estimate of drug-likeness (QED) is 0.752. The van der Waals surface area contributed by atoms with Crippen LogP contribution in [0.5, 0.6) is 0 Å². The topological polar surface area (TPSA) is 73.6 Å². The highest BCUT2D eigenvalue weighted by atomic mass is 19.3. The Hall–Kier alpha value is -1.92. The minimum atomic E-state index is -3.38. The summed E-state index contributed by atoms with van der Waals surface area (Å²) in [4.78, 5) is 3.57. The molecule has 0 saturated heterocycles. The molecule has 4 nitrogen and oxygen atoms in total. The fourth-order valence-electron chi connectivity index (χ4n) is 1.81. The zero-order valence-corrected chi connectivity index (χ0v) is 9.58. The van der Waals surface area contributed by atoms with Crippen LogP contribution in [0.2, 0.25) is 0 Å². The second kappa shape index (κ2) is 3.79. The Balaban J connectivity index is 2.65. The van der Waals surface area contributed by atoms with Crippen molar-refractivity contribution >= 4 is 11.7 Å². The number of anilines is 1. The molecule has 1 aromatic rings. The second-order valence-electron chi connectivity index (χ2n) is 4.25. The first-order chi connectivity index (χ1) is 8.26. The van der Waals surface area contributed by atoms with E-state index in [1.807, 2.05) is 0 Å². The SMILES string of the molecule is CC1(c2cc(N)ccc2F)N=C(N)OCC1(F)F. The Kier molecular flexibility index (Phi) is 2.64. The third kappa shape index (κ3) is 1.75. The predicted octanol–water partition coefficient (Wildman–Crippen LogP) is 1.60. The maximum Gasteiger partial charge on any atom is 0.310 e. The van der Waals surface area contributed by atoms with Crippen LogP contribution in [-0.4, -0.2) is 18.6 Å². The zero-order chi connectivity index (χ0) is 13.6. The lowest BCUT2D eigenvalue weighted by atomic mass is 9.85. The van der Waals surface area contributed by atoms with Gasteiger partial charge in [-0.05, 0) is 25.1 Å². The van der Waals surface area contributed by atoms with Crippen molar-refractivity contribution in [3.63, 3.8) is 0 Å². The van der Waals surface area contributed by atoms with Crippen molar-refractivity contribution in [2.45, 2.75) is 18.4 Å². The first-order valence-electron chi connectivity index (χ1n) is 5.18. The molecule has 18 heavy (non-hydrogen) atoms. The van der Waals surface area contributed by atoms with Crippen LogP contribution >= 0.6 is 0 Å². The second-order valence-corrected chi connectivity index (χ2v) is 4.25. The van der Waals surface area contributed by atoms with Gasteiger partial charge in [0.25, 0.3) is 6.02 Å². The number of nitrogen functional groups attached to an aromatic ring is 1. The van der Waals surface area contributed by atoms with Crippen molar-refractivity contribution in [1.29, 1.82) is 0 Å². The number of aliphatic imine (C=N–C) groups is 1. The normalized spacial score (nSPS) is 26.3. The molecular weight excluding hydrogens is 247 g/mol. The summed E-state index contributed by atoms with van der Waals surface area (Å²) in [6.07, 6.45) is 0. The molecule has 0 aliphatic carbocycles. The number of rotatable bonds is 1. The number of hydrogen-bond donors (Lipinski definition) is 2. The first kappa shape index (κ1) is 12.5. The molecule has 1 aliphatic rings. The number of nitrogens with two attached hydrogens (primary N) is 2. The van der Waals surface area contributed by atoms with Gasteiger partial charge in [0.1, 0.15) is 5.82 Å². The molecule has 0 saturated carbocycles. The monoisotopic (exact) mass is 259 g/mol. The summed E-state index contributed by atoms with van der Waals surface area (Å²) in [5.74, 6) is -4.20. The Morgan fingerprint density at radius 2 is 2.00 bits per heavy atom. The van der Waals surface area contributed by atoms with Crippen LogP contribution in [0.25, 0.3) is 0 Å². The lowest BCUT2D eigenvalue weighted by molar-refractivity contribution is -0.117. The lowest BCUT2D eigenvalue weighted by Gasteiger charge is -2.37. The number of nitrogens with zero attached hydrogens (tertiary/aromatic N) is 1. The van der Waals surface area contributed by atoms with Gasteiger partial charge in [0, 0.05) is 11.3 Å². The van der Waals surface area contributed by atoms with E-state index < -0.39 is 29.9 Å². The van der Waals surface area contributed by atoms with E-state index in [1.165, 1.54) is 6.07 Å². The van der Waals surface area contributed by atoms with E-state index in [0.717, 1.165) is 19.1 Å². The molecule has 2 rings (SSSR count). The minimum Gasteiger partial charge on any atom is -0.459 e. The maximum atomic E-state index is 13.9. The predicted molar refractivity (Wildman–Crippen MR) is 60.7 cm³/mol. The smallest absolute Gasteiger partial charge is 0.310 e. The maximum absolute atomic E-state index is 13.9. The molecule has 0 aromatic heterocycles. The molecule has 0 radical (unpaired) electrons. The van der Waals surface area contributed by atoms with Crippen LogP contribution in [0.15, 0.2) is 23.2 Å². The summed E-state index contributed by atoms with van der Waals surface area (Å²) in [6, 6.07) is 3.04. The van der Waals surface area contributed by atoms with Crippen molar-refractivity contribution in [2.75, 3.05) is 12.3 Å². The van der Waals surface area contributed by atoms with Gasteiger partial charge in [-0.15, -0.1) is 0 Å². The Labute approximate surface area is 101 Å². The average Bonchev–Trinajstić information content (AvgIpc) is 2.28. The number of hydrogen-bond acceptors (Lipinski definition) is 4. The third-order valence-electron chi connectivity index (χ3n) is 2.96. The largest absolute Gasteiger partial charge is 0.459 e. The van der Waals surface area contributed by atoms with Gasteiger partial charge in [-0.3, -0.25) is 0 Å². The van der Waals surface area contributed by atoms with Gasteiger partial charge in [-0.25, -0.2) is 9.38 Å². The van der Waals surface area contributed by atoms with Gasteiger partial charge in [0.2, 0.25) is 0 Å². The van der Waals surface area contributed by atoms with Gasteiger partial charge in [0.05, 0.1) is 0 Å². The Morgan fingerprint density at radius 1 is 1.33 bits per heavy atom. The van der Waals surface area contributed by atoms with E-state index in [4.69, 9.17) is 11.5 Å². The molecule has 0 bridgehead atoms. The molecule has 0 spiro atoms.